The number of morpholine rings is 1. The van der Waals surface area contributed by atoms with Crippen molar-refractivity contribution < 1.29 is 17.9 Å². The summed E-state index contributed by atoms with van der Waals surface area (Å²) in [5.41, 5.74) is 4.62. The summed E-state index contributed by atoms with van der Waals surface area (Å²) in [6.45, 7) is 7.54. The maximum Gasteiger partial charge on any atom is 0.245 e. The van der Waals surface area contributed by atoms with E-state index in [0.717, 1.165) is 69.1 Å². The van der Waals surface area contributed by atoms with Crippen molar-refractivity contribution in [3.8, 4) is 17.0 Å². The van der Waals surface area contributed by atoms with Crippen molar-refractivity contribution in [2.24, 2.45) is 0 Å². The maximum atomic E-state index is 12.6. The highest BCUT2D eigenvalue weighted by Crippen LogP contribution is 2.34. The van der Waals surface area contributed by atoms with Crippen molar-refractivity contribution in [3.63, 3.8) is 0 Å². The fourth-order valence-electron chi connectivity index (χ4n) is 6.04. The first-order chi connectivity index (χ1) is 19.8. The molecule has 2 saturated heterocycles. The summed E-state index contributed by atoms with van der Waals surface area (Å²) in [5.74, 6) is 1.08. The van der Waals surface area contributed by atoms with Crippen LogP contribution in [-0.2, 0) is 14.6 Å². The predicted molar refractivity (Wildman–Crippen MR) is 160 cm³/mol. The van der Waals surface area contributed by atoms with Crippen LogP contribution < -0.4 is 15.0 Å². The van der Waals surface area contributed by atoms with Crippen molar-refractivity contribution >= 4 is 32.7 Å². The lowest BCUT2D eigenvalue weighted by molar-refractivity contribution is 0.0115. The molecule has 216 valence electrons. The van der Waals surface area contributed by atoms with E-state index in [1.807, 2.05) is 30.3 Å². The van der Waals surface area contributed by atoms with Gasteiger partial charge < -0.3 is 19.7 Å². The van der Waals surface area contributed by atoms with Crippen LogP contribution in [0.15, 0.2) is 59.6 Å². The fraction of sp³-hybridized carbons (Fsp3) is 0.400. The third kappa shape index (κ3) is 5.61. The summed E-state index contributed by atoms with van der Waals surface area (Å²) in [5, 5.41) is 8.02. The van der Waals surface area contributed by atoms with Crippen LogP contribution in [0, 0.1) is 6.92 Å². The lowest BCUT2D eigenvalue weighted by atomic mass is 10.0. The number of aromatic nitrogens is 3. The second-order valence-corrected chi connectivity index (χ2v) is 12.7. The number of aryl methyl sites for hydroxylation is 1. The van der Waals surface area contributed by atoms with E-state index in [4.69, 9.17) is 14.6 Å². The monoisotopic (exact) mass is 576 g/mol. The van der Waals surface area contributed by atoms with Crippen LogP contribution in [0.5, 0.6) is 5.75 Å². The van der Waals surface area contributed by atoms with Crippen LogP contribution in [0.2, 0.25) is 0 Å². The molecular weight excluding hydrogens is 540 g/mol. The molecule has 11 heteroatoms. The van der Waals surface area contributed by atoms with Gasteiger partial charge in [0.2, 0.25) is 5.95 Å². The van der Waals surface area contributed by atoms with Gasteiger partial charge in [-0.1, -0.05) is 18.2 Å². The Morgan fingerprint density at radius 3 is 2.54 bits per heavy atom. The summed E-state index contributed by atoms with van der Waals surface area (Å²) in [6.07, 6.45) is 5.22. The van der Waals surface area contributed by atoms with Gasteiger partial charge in [0, 0.05) is 55.8 Å². The maximum absolute atomic E-state index is 12.6. The molecule has 2 aliphatic heterocycles. The number of nitrogens with zero attached hydrogens (tertiary/aromatic N) is 5. The molecule has 2 fully saturated rings. The van der Waals surface area contributed by atoms with Crippen molar-refractivity contribution in [1.29, 1.82) is 0 Å². The van der Waals surface area contributed by atoms with Crippen molar-refractivity contribution in [2.75, 3.05) is 63.0 Å². The van der Waals surface area contributed by atoms with Gasteiger partial charge in [-0.05, 0) is 49.6 Å². The first-order valence-corrected chi connectivity index (χ1v) is 15.9. The van der Waals surface area contributed by atoms with Gasteiger partial charge in [0.15, 0.2) is 9.84 Å². The minimum absolute atomic E-state index is 0.305. The van der Waals surface area contributed by atoms with Gasteiger partial charge in [-0.15, -0.1) is 5.10 Å². The molecule has 1 N–H and O–H groups in total. The Labute approximate surface area is 240 Å². The third-order valence-electron chi connectivity index (χ3n) is 8.08. The van der Waals surface area contributed by atoms with Gasteiger partial charge in [0.25, 0.3) is 0 Å². The van der Waals surface area contributed by atoms with Crippen molar-refractivity contribution in [2.45, 2.75) is 30.7 Å². The molecule has 0 radical (unpaired) electrons. The summed E-state index contributed by atoms with van der Waals surface area (Å²) in [7, 11) is -1.79. The Morgan fingerprint density at radius 2 is 1.80 bits per heavy atom. The van der Waals surface area contributed by atoms with Crippen LogP contribution >= 0.6 is 0 Å². The molecule has 0 unspecified atom stereocenters. The third-order valence-corrected chi connectivity index (χ3v) is 9.36. The first-order valence-electron chi connectivity index (χ1n) is 14.0. The largest absolute Gasteiger partial charge is 0.494 e. The Balaban J connectivity index is 1.23. The number of anilines is 3. The second-order valence-electron chi connectivity index (χ2n) is 10.7. The van der Waals surface area contributed by atoms with Crippen LogP contribution in [0.3, 0.4) is 0 Å². The number of sulfone groups is 1. The topological polar surface area (TPSA) is 101 Å². The van der Waals surface area contributed by atoms with Crippen LogP contribution in [0.25, 0.3) is 16.8 Å². The molecular formula is C30H36N6O4S. The van der Waals surface area contributed by atoms with Gasteiger partial charge in [0.05, 0.1) is 48.3 Å². The van der Waals surface area contributed by atoms with Crippen molar-refractivity contribution in [3.05, 3.63) is 60.3 Å². The SMILES string of the molecule is COc1cc(N2CCC(N3CCOCC3)CC2)ccc1Nc1ncc2ccc(-c3cccc(C)c3S(C)(=O)=O)n2n1. The number of hydrogen-bond donors (Lipinski definition) is 1. The zero-order chi connectivity index (χ0) is 28.6. The van der Waals surface area contributed by atoms with E-state index in [1.165, 1.54) is 6.26 Å². The standard InChI is InChI=1S/C30H36N6O4S/c1-21-5-4-6-25(29(21)41(3,37)38)27-10-8-24-20-31-30(33-36(24)27)32-26-9-7-23(19-28(26)39-2)34-13-11-22(12-14-34)35-15-17-40-18-16-35/h4-10,19-20,22H,11-18H2,1-3H3,(H,32,33). The summed E-state index contributed by atoms with van der Waals surface area (Å²) >= 11 is 0. The predicted octanol–water partition coefficient (Wildman–Crippen LogP) is 4.16. The molecule has 4 heterocycles. The molecule has 0 aliphatic carbocycles. The zero-order valence-electron chi connectivity index (χ0n) is 23.7. The normalized spacial score (nSPS) is 17.2. The van der Waals surface area contributed by atoms with Gasteiger partial charge >= 0.3 is 0 Å². The average Bonchev–Trinajstić information content (AvgIpc) is 3.40. The summed E-state index contributed by atoms with van der Waals surface area (Å²) < 4.78 is 38.3. The zero-order valence-corrected chi connectivity index (χ0v) is 24.5. The van der Waals surface area contributed by atoms with E-state index in [0.29, 0.717) is 39.5 Å². The quantitative estimate of drug-likeness (QED) is 0.348. The van der Waals surface area contributed by atoms with E-state index >= 15 is 0 Å². The summed E-state index contributed by atoms with van der Waals surface area (Å²) in [6, 6.07) is 16.0. The first kappa shape index (κ1) is 27.5. The number of ether oxygens (including phenoxy) is 2. The Hall–Kier alpha value is -3.67. The molecule has 0 atom stereocenters. The molecule has 10 nitrogen and oxygen atoms in total. The number of fused-ring (bicyclic) bond motifs is 1. The number of methoxy groups -OCH3 is 1. The van der Waals surface area contributed by atoms with Crippen LogP contribution in [0.1, 0.15) is 18.4 Å². The number of rotatable bonds is 7. The van der Waals surface area contributed by atoms with E-state index in [1.54, 1.807) is 30.8 Å². The van der Waals surface area contributed by atoms with Gasteiger partial charge in [-0.2, -0.15) is 0 Å². The highest BCUT2D eigenvalue weighted by Gasteiger charge is 2.26. The number of benzene rings is 2. The lowest BCUT2D eigenvalue weighted by Crippen LogP contribution is -2.49. The molecule has 6 rings (SSSR count). The second kappa shape index (κ2) is 11.3. The molecule has 2 aliphatic rings. The van der Waals surface area contributed by atoms with Gasteiger partial charge in [-0.3, -0.25) is 4.90 Å². The Kier molecular flexibility index (Phi) is 7.58. The highest BCUT2D eigenvalue weighted by atomic mass is 32.2. The molecule has 2 aromatic heterocycles. The molecule has 0 saturated carbocycles. The van der Waals surface area contributed by atoms with E-state index in [-0.39, 0.29) is 0 Å². The molecule has 0 amide bonds. The molecule has 0 spiro atoms. The van der Waals surface area contributed by atoms with Crippen LogP contribution in [0.4, 0.5) is 17.3 Å². The molecule has 0 bridgehead atoms. The van der Waals surface area contributed by atoms with Gasteiger partial charge in [0.1, 0.15) is 5.75 Å². The van der Waals surface area contributed by atoms with Crippen LogP contribution in [-0.4, -0.2) is 86.7 Å². The minimum Gasteiger partial charge on any atom is -0.494 e. The number of nitrogens with one attached hydrogen (secondary N) is 1. The Morgan fingerprint density at radius 1 is 1.02 bits per heavy atom. The average molecular weight is 577 g/mol. The summed E-state index contributed by atoms with van der Waals surface area (Å²) in [4.78, 5) is 9.79. The molecule has 2 aromatic carbocycles. The number of piperidine rings is 1. The lowest BCUT2D eigenvalue weighted by Gasteiger charge is -2.40. The number of hydrogen-bond acceptors (Lipinski definition) is 9. The minimum atomic E-state index is -3.45. The molecule has 4 aromatic rings. The molecule has 41 heavy (non-hydrogen) atoms. The Bertz CT molecular complexity index is 1660. The van der Waals surface area contributed by atoms with Gasteiger partial charge in [-0.25, -0.2) is 17.9 Å². The van der Waals surface area contributed by atoms with Crippen molar-refractivity contribution in [1.82, 2.24) is 19.5 Å². The smallest absolute Gasteiger partial charge is 0.245 e. The van der Waals surface area contributed by atoms with E-state index < -0.39 is 9.84 Å². The van der Waals surface area contributed by atoms with E-state index in [2.05, 4.69) is 32.2 Å². The highest BCUT2D eigenvalue weighted by molar-refractivity contribution is 7.90. The van der Waals surface area contributed by atoms with E-state index in [9.17, 15) is 8.42 Å². The fourth-order valence-corrected chi connectivity index (χ4v) is 7.27.